The minimum absolute atomic E-state index is 0.596. The Morgan fingerprint density at radius 2 is 1.94 bits per heavy atom. The molecule has 32 heavy (non-hydrogen) atoms. The molecular formula is C24H20ClN3O3S. The van der Waals surface area contributed by atoms with Crippen LogP contribution in [-0.4, -0.2) is 38.9 Å². The molecule has 0 aliphatic heterocycles. The van der Waals surface area contributed by atoms with Crippen LogP contribution in [0.15, 0.2) is 71.7 Å². The second kappa shape index (κ2) is 9.48. The van der Waals surface area contributed by atoms with Crippen LogP contribution in [0.25, 0.3) is 21.2 Å². The number of aliphatic hydroxyl groups excluding tert-OH is 1. The molecular weight excluding hydrogens is 446 g/mol. The molecule has 4 rings (SSSR count). The number of nitrogens with one attached hydrogen (secondary N) is 1. The number of aliphatic imine (C=N–C) groups is 1. The van der Waals surface area contributed by atoms with Gasteiger partial charge in [0.15, 0.2) is 11.9 Å². The van der Waals surface area contributed by atoms with Crippen LogP contribution in [0.2, 0.25) is 5.02 Å². The molecule has 3 aromatic carbocycles. The minimum atomic E-state index is -1.22. The first-order valence-electron chi connectivity index (χ1n) is 9.88. The van der Waals surface area contributed by atoms with Crippen molar-refractivity contribution in [2.75, 3.05) is 5.32 Å². The number of aliphatic carboxylic acids is 1. The van der Waals surface area contributed by atoms with Gasteiger partial charge in [-0.25, -0.2) is 4.79 Å². The van der Waals surface area contributed by atoms with E-state index in [-0.39, 0.29) is 0 Å². The van der Waals surface area contributed by atoms with Crippen molar-refractivity contribution in [1.82, 2.24) is 4.37 Å². The fourth-order valence-corrected chi connectivity index (χ4v) is 4.28. The summed E-state index contributed by atoms with van der Waals surface area (Å²) in [6.45, 7) is 1.40. The Morgan fingerprint density at radius 1 is 1.16 bits per heavy atom. The van der Waals surface area contributed by atoms with Crippen molar-refractivity contribution in [3.8, 4) is 11.1 Å². The molecule has 0 saturated heterocycles. The highest BCUT2D eigenvalue weighted by molar-refractivity contribution is 7.13. The number of nitrogens with zero attached hydrogens (tertiary/aromatic N) is 2. The molecule has 0 aliphatic rings. The largest absolute Gasteiger partial charge is 0.480 e. The number of rotatable bonds is 7. The summed E-state index contributed by atoms with van der Waals surface area (Å²) in [7, 11) is 0. The molecule has 4 aromatic rings. The fraction of sp³-hybridized carbons (Fsp3) is 0.125. The van der Waals surface area contributed by atoms with E-state index in [0.717, 1.165) is 26.9 Å². The van der Waals surface area contributed by atoms with Crippen LogP contribution in [0.1, 0.15) is 12.5 Å². The number of aliphatic hydroxyl groups is 1. The van der Waals surface area contributed by atoms with E-state index in [0.29, 0.717) is 16.4 Å². The third-order valence-electron chi connectivity index (χ3n) is 4.92. The standard InChI is InChI=1S/C24H20ClN3O3S/c1-14(29)22(24(30)31)26-13-15-10-11-20-18(12-15)23(28-32-20)27-19-9-5-8-17(21(19)25)16-6-3-2-4-7-16/h2-14,22,29H,1H3,(H,27,28)(H,30,31). The maximum atomic E-state index is 11.2. The second-order valence-electron chi connectivity index (χ2n) is 7.25. The average Bonchev–Trinajstić information content (AvgIpc) is 3.17. The Hall–Kier alpha value is -3.26. The first kappa shape index (κ1) is 22.0. The van der Waals surface area contributed by atoms with Crippen molar-refractivity contribution in [3.63, 3.8) is 0 Å². The summed E-state index contributed by atoms with van der Waals surface area (Å²) in [5.41, 5.74) is 3.38. The van der Waals surface area contributed by atoms with E-state index in [2.05, 4.69) is 14.7 Å². The lowest BCUT2D eigenvalue weighted by molar-refractivity contribution is -0.140. The van der Waals surface area contributed by atoms with E-state index in [1.165, 1.54) is 24.7 Å². The molecule has 3 N–H and O–H groups in total. The van der Waals surface area contributed by atoms with Gasteiger partial charge in [-0.1, -0.05) is 60.1 Å². The smallest absolute Gasteiger partial charge is 0.331 e. The van der Waals surface area contributed by atoms with Gasteiger partial charge in [0.1, 0.15) is 0 Å². The third kappa shape index (κ3) is 4.65. The first-order valence-corrected chi connectivity index (χ1v) is 11.0. The maximum Gasteiger partial charge on any atom is 0.331 e. The molecule has 0 bridgehead atoms. The molecule has 1 heterocycles. The number of carbonyl (C=O) groups is 1. The van der Waals surface area contributed by atoms with Gasteiger partial charge in [-0.05, 0) is 47.8 Å². The van der Waals surface area contributed by atoms with Crippen molar-refractivity contribution in [1.29, 1.82) is 0 Å². The number of aromatic nitrogens is 1. The Bertz CT molecular complexity index is 1290. The van der Waals surface area contributed by atoms with Crippen molar-refractivity contribution >= 4 is 56.9 Å². The normalized spacial score (nSPS) is 13.3. The van der Waals surface area contributed by atoms with E-state index >= 15 is 0 Å². The number of hydrogen-bond acceptors (Lipinski definition) is 6. The number of anilines is 2. The van der Waals surface area contributed by atoms with Crippen LogP contribution in [-0.2, 0) is 4.79 Å². The lowest BCUT2D eigenvalue weighted by Crippen LogP contribution is -2.29. The molecule has 6 nitrogen and oxygen atoms in total. The highest BCUT2D eigenvalue weighted by Gasteiger charge is 2.21. The molecule has 0 fully saturated rings. The Kier molecular flexibility index (Phi) is 6.50. The molecule has 2 atom stereocenters. The van der Waals surface area contributed by atoms with Gasteiger partial charge in [-0.15, -0.1) is 0 Å². The van der Waals surface area contributed by atoms with Crippen molar-refractivity contribution < 1.29 is 15.0 Å². The lowest BCUT2D eigenvalue weighted by Gasteiger charge is -2.11. The van der Waals surface area contributed by atoms with Gasteiger partial charge in [0, 0.05) is 17.2 Å². The van der Waals surface area contributed by atoms with Gasteiger partial charge in [0.2, 0.25) is 0 Å². The summed E-state index contributed by atoms with van der Waals surface area (Å²) in [4.78, 5) is 15.3. The highest BCUT2D eigenvalue weighted by atomic mass is 35.5. The monoisotopic (exact) mass is 465 g/mol. The molecule has 8 heteroatoms. The lowest BCUT2D eigenvalue weighted by atomic mass is 10.0. The number of hydrogen-bond donors (Lipinski definition) is 3. The van der Waals surface area contributed by atoms with Crippen LogP contribution >= 0.6 is 23.1 Å². The van der Waals surface area contributed by atoms with Gasteiger partial charge in [0.05, 0.1) is 21.5 Å². The number of carboxylic acids is 1. The van der Waals surface area contributed by atoms with Crippen LogP contribution in [0.3, 0.4) is 0 Å². The minimum Gasteiger partial charge on any atom is -0.480 e. The molecule has 1 aromatic heterocycles. The van der Waals surface area contributed by atoms with E-state index in [1.54, 1.807) is 0 Å². The molecule has 0 amide bonds. The summed E-state index contributed by atoms with van der Waals surface area (Å²) in [6, 6.07) is 20.1. The zero-order chi connectivity index (χ0) is 22.7. The third-order valence-corrected chi connectivity index (χ3v) is 6.16. The molecule has 0 radical (unpaired) electrons. The van der Waals surface area contributed by atoms with E-state index < -0.39 is 18.1 Å². The average molecular weight is 466 g/mol. The Morgan fingerprint density at radius 3 is 2.66 bits per heavy atom. The van der Waals surface area contributed by atoms with E-state index in [1.807, 2.05) is 66.7 Å². The van der Waals surface area contributed by atoms with Gasteiger partial charge in [-0.3, -0.25) is 4.99 Å². The zero-order valence-electron chi connectivity index (χ0n) is 17.1. The SMILES string of the molecule is CC(O)C(N=Cc1ccc2snc(Nc3cccc(-c4ccccc4)c3Cl)c2c1)C(=O)O. The van der Waals surface area contributed by atoms with Crippen LogP contribution in [0, 0.1) is 0 Å². The zero-order valence-corrected chi connectivity index (χ0v) is 18.6. The fourth-order valence-electron chi connectivity index (χ4n) is 3.28. The second-order valence-corrected chi connectivity index (χ2v) is 8.43. The summed E-state index contributed by atoms with van der Waals surface area (Å²) in [5, 5.41) is 23.6. The molecule has 0 aliphatic carbocycles. The number of fused-ring (bicyclic) bond motifs is 1. The number of halogens is 1. The molecule has 162 valence electrons. The summed E-state index contributed by atoms with van der Waals surface area (Å²) in [5.74, 6) is -0.525. The predicted octanol–water partition coefficient (Wildman–Crippen LogP) is 5.61. The first-order chi connectivity index (χ1) is 15.4. The summed E-state index contributed by atoms with van der Waals surface area (Å²) < 4.78 is 5.48. The van der Waals surface area contributed by atoms with E-state index in [4.69, 9.17) is 11.6 Å². The molecule has 0 spiro atoms. The van der Waals surface area contributed by atoms with Crippen LogP contribution in [0.4, 0.5) is 11.5 Å². The quantitative estimate of drug-likeness (QED) is 0.308. The Balaban J connectivity index is 1.65. The highest BCUT2D eigenvalue weighted by Crippen LogP contribution is 2.37. The van der Waals surface area contributed by atoms with E-state index in [9.17, 15) is 15.0 Å². The van der Waals surface area contributed by atoms with Crippen LogP contribution < -0.4 is 5.32 Å². The van der Waals surface area contributed by atoms with Gasteiger partial charge in [-0.2, -0.15) is 4.37 Å². The predicted molar refractivity (Wildman–Crippen MR) is 130 cm³/mol. The molecule has 2 unspecified atom stereocenters. The van der Waals surface area contributed by atoms with Gasteiger partial charge in [0.25, 0.3) is 0 Å². The summed E-state index contributed by atoms with van der Waals surface area (Å²) in [6.07, 6.45) is 0.363. The Labute approximate surface area is 194 Å². The number of benzene rings is 3. The summed E-state index contributed by atoms with van der Waals surface area (Å²) >= 11 is 8.05. The topological polar surface area (TPSA) is 94.8 Å². The molecule has 0 saturated carbocycles. The van der Waals surface area contributed by atoms with Crippen molar-refractivity contribution in [2.45, 2.75) is 19.1 Å². The van der Waals surface area contributed by atoms with Gasteiger partial charge >= 0.3 is 5.97 Å². The maximum absolute atomic E-state index is 11.2. The van der Waals surface area contributed by atoms with Crippen LogP contribution in [0.5, 0.6) is 0 Å². The van der Waals surface area contributed by atoms with Gasteiger partial charge < -0.3 is 15.5 Å². The van der Waals surface area contributed by atoms with Crippen molar-refractivity contribution in [2.24, 2.45) is 4.99 Å². The number of carboxylic acid groups (broad SMARTS) is 1. The van der Waals surface area contributed by atoms with Crippen molar-refractivity contribution in [3.05, 3.63) is 77.3 Å².